The van der Waals surface area contributed by atoms with E-state index in [4.69, 9.17) is 9.97 Å². The Morgan fingerprint density at radius 3 is 1.21 bits per heavy atom. The number of rotatable bonds is 11. The molecule has 0 spiro atoms. The van der Waals surface area contributed by atoms with Gasteiger partial charge in [-0.15, -0.1) is 0 Å². The van der Waals surface area contributed by atoms with Crippen LogP contribution in [0, 0.1) is 0 Å². The van der Waals surface area contributed by atoms with Gasteiger partial charge in [0.25, 0.3) is 0 Å². The number of carbonyl (C=O) groups is 2. The Labute approximate surface area is 279 Å². The molecule has 0 saturated carbocycles. The van der Waals surface area contributed by atoms with Gasteiger partial charge >= 0.3 is 12.1 Å². The van der Waals surface area contributed by atoms with Crippen LogP contribution in [0.15, 0.2) is 146 Å². The van der Waals surface area contributed by atoms with Crippen LogP contribution in [-0.2, 0) is 26.2 Å². The van der Waals surface area contributed by atoms with Gasteiger partial charge in [0.2, 0.25) is 0 Å². The van der Waals surface area contributed by atoms with E-state index in [1.807, 2.05) is 133 Å². The molecule has 2 aromatic carbocycles. The van der Waals surface area contributed by atoms with Crippen LogP contribution < -0.4 is 10.6 Å². The Morgan fingerprint density at radius 1 is 0.438 bits per heavy atom. The minimum absolute atomic E-state index is 0.250. The Morgan fingerprint density at radius 2 is 0.812 bits per heavy atom. The van der Waals surface area contributed by atoms with Crippen LogP contribution in [0.2, 0.25) is 0 Å². The van der Waals surface area contributed by atoms with Crippen molar-refractivity contribution in [2.75, 3.05) is 10.6 Å². The highest BCUT2D eigenvalue weighted by Crippen LogP contribution is 2.19. The number of hydrogen-bond acceptors (Lipinski definition) is 6. The van der Waals surface area contributed by atoms with Crippen LogP contribution in [0.5, 0.6) is 0 Å². The summed E-state index contributed by atoms with van der Waals surface area (Å²) in [5.41, 5.74) is 5.61. The third-order valence-corrected chi connectivity index (χ3v) is 7.36. The van der Waals surface area contributed by atoms with E-state index < -0.39 is 0 Å². The van der Waals surface area contributed by atoms with Gasteiger partial charge in [0.05, 0.1) is 60.3 Å². The molecule has 0 saturated heterocycles. The highest BCUT2D eigenvalue weighted by Gasteiger charge is 2.19. The van der Waals surface area contributed by atoms with E-state index in [1.54, 1.807) is 22.2 Å². The molecule has 0 radical (unpaired) electrons. The molecule has 4 heterocycles. The number of para-hydroxylation sites is 2. The molecule has 4 aromatic heterocycles. The predicted molar refractivity (Wildman–Crippen MR) is 185 cm³/mol. The minimum Gasteiger partial charge on any atom is -0.313 e. The molecule has 0 bridgehead atoms. The smallest absolute Gasteiger partial charge is 0.313 e. The van der Waals surface area contributed by atoms with Crippen LogP contribution in [0.3, 0.4) is 0 Å². The average Bonchev–Trinajstić information content (AvgIpc) is 3.13. The van der Waals surface area contributed by atoms with Crippen molar-refractivity contribution in [3.63, 3.8) is 0 Å². The first-order valence-electron chi connectivity index (χ1n) is 15.5. The van der Waals surface area contributed by atoms with Gasteiger partial charge < -0.3 is 20.4 Å². The normalized spacial score (nSPS) is 10.6. The average molecular weight is 635 g/mol. The number of nitrogens with zero attached hydrogens (tertiary/aromatic N) is 6. The van der Waals surface area contributed by atoms with Gasteiger partial charge in [-0.05, 0) is 72.8 Å². The summed E-state index contributed by atoms with van der Waals surface area (Å²) < 4.78 is 0. The molecule has 10 heteroatoms. The fourth-order valence-corrected chi connectivity index (χ4v) is 5.03. The van der Waals surface area contributed by atoms with E-state index in [-0.39, 0.29) is 25.2 Å². The molecule has 6 rings (SSSR count). The highest BCUT2D eigenvalue weighted by atomic mass is 16.2. The Kier molecular flexibility index (Phi) is 10.3. The van der Waals surface area contributed by atoms with Crippen LogP contribution in [0.1, 0.15) is 22.8 Å². The van der Waals surface area contributed by atoms with E-state index in [0.29, 0.717) is 47.2 Å². The summed E-state index contributed by atoms with van der Waals surface area (Å²) in [6, 6.07) is 40.8. The summed E-state index contributed by atoms with van der Waals surface area (Å²) in [5, 5.41) is 5.95. The van der Waals surface area contributed by atoms with Crippen LogP contribution in [-0.4, -0.2) is 41.8 Å². The number of benzene rings is 2. The second kappa shape index (κ2) is 15.7. The van der Waals surface area contributed by atoms with Crippen LogP contribution in [0.25, 0.3) is 11.4 Å². The molecule has 2 N–H and O–H groups in total. The minimum atomic E-state index is -0.263. The number of hydrogen-bond donors (Lipinski definition) is 2. The quantitative estimate of drug-likeness (QED) is 0.153. The zero-order valence-corrected chi connectivity index (χ0v) is 26.2. The summed E-state index contributed by atoms with van der Waals surface area (Å²) in [6.07, 6.45) is 3.42. The Hall–Kier alpha value is -6.42. The van der Waals surface area contributed by atoms with Crippen molar-refractivity contribution in [2.45, 2.75) is 26.2 Å². The molecule has 6 aromatic rings. The molecule has 0 aliphatic rings. The molecule has 0 aliphatic carbocycles. The maximum atomic E-state index is 13.4. The van der Waals surface area contributed by atoms with Crippen molar-refractivity contribution in [1.29, 1.82) is 0 Å². The van der Waals surface area contributed by atoms with E-state index in [9.17, 15) is 9.59 Å². The van der Waals surface area contributed by atoms with Gasteiger partial charge in [0, 0.05) is 23.8 Å². The SMILES string of the molecule is O=C(Nc1ccccc1)N(Cc1ccccn1)Cc1cccc(-c2cccc(CN(Cc3ccccn3)C(=O)Nc3ccccc3)n2)n1. The lowest BCUT2D eigenvalue weighted by Crippen LogP contribution is -2.34. The van der Waals surface area contributed by atoms with Gasteiger partial charge in [0.1, 0.15) is 0 Å². The molecule has 238 valence electrons. The molecular weight excluding hydrogens is 600 g/mol. The second-order valence-electron chi connectivity index (χ2n) is 11.0. The molecule has 48 heavy (non-hydrogen) atoms. The fraction of sp³-hybridized carbons (Fsp3) is 0.105. The predicted octanol–water partition coefficient (Wildman–Crippen LogP) is 7.40. The third kappa shape index (κ3) is 8.85. The number of carbonyl (C=O) groups excluding carboxylic acids is 2. The fourth-order valence-electron chi connectivity index (χ4n) is 5.03. The van der Waals surface area contributed by atoms with Gasteiger partial charge in [-0.2, -0.15) is 0 Å². The number of nitrogens with one attached hydrogen (secondary N) is 2. The maximum absolute atomic E-state index is 13.4. The Balaban J connectivity index is 1.21. The summed E-state index contributed by atoms with van der Waals surface area (Å²) in [6.45, 7) is 1.10. The number of aromatic nitrogens is 4. The summed E-state index contributed by atoms with van der Waals surface area (Å²) >= 11 is 0. The van der Waals surface area contributed by atoms with Crippen LogP contribution in [0.4, 0.5) is 21.0 Å². The zero-order valence-electron chi connectivity index (χ0n) is 26.2. The van der Waals surface area contributed by atoms with Gasteiger partial charge in [-0.25, -0.2) is 19.6 Å². The molecule has 4 amide bonds. The van der Waals surface area contributed by atoms with Crippen molar-refractivity contribution in [3.05, 3.63) is 169 Å². The first-order valence-corrected chi connectivity index (χ1v) is 15.5. The van der Waals surface area contributed by atoms with Gasteiger partial charge in [-0.1, -0.05) is 60.7 Å². The number of anilines is 2. The lowest BCUT2D eigenvalue weighted by molar-refractivity contribution is 0.204. The maximum Gasteiger partial charge on any atom is 0.322 e. The van der Waals surface area contributed by atoms with Crippen molar-refractivity contribution < 1.29 is 9.59 Å². The van der Waals surface area contributed by atoms with Crippen molar-refractivity contribution in [1.82, 2.24) is 29.7 Å². The van der Waals surface area contributed by atoms with E-state index in [2.05, 4.69) is 20.6 Å². The molecule has 0 atom stereocenters. The van der Waals surface area contributed by atoms with Crippen molar-refractivity contribution >= 4 is 23.4 Å². The first-order chi connectivity index (χ1) is 23.6. The molecular formula is C38H34N8O2. The van der Waals surface area contributed by atoms with Gasteiger partial charge in [0.15, 0.2) is 0 Å². The van der Waals surface area contributed by atoms with Crippen molar-refractivity contribution in [2.24, 2.45) is 0 Å². The van der Waals surface area contributed by atoms with Gasteiger partial charge in [-0.3, -0.25) is 9.97 Å². The summed E-state index contributed by atoms with van der Waals surface area (Å²) in [7, 11) is 0. The first kappa shape index (κ1) is 31.6. The van der Waals surface area contributed by atoms with E-state index >= 15 is 0 Å². The standard InChI is InChI=1S/C38H34N8O2/c47-37(43-29-13-3-1-4-14-29)45(25-31-17-7-9-23-39-31)27-33-19-11-21-35(41-33)36-22-12-20-34(42-36)28-46(26-32-18-8-10-24-40-32)38(48)44-30-15-5-2-6-16-30/h1-24H,25-28H2,(H,43,47)(H,44,48). The third-order valence-electron chi connectivity index (χ3n) is 7.36. The monoisotopic (exact) mass is 634 g/mol. The zero-order chi connectivity index (χ0) is 33.0. The Bertz CT molecular complexity index is 1780. The summed E-state index contributed by atoms with van der Waals surface area (Å²) in [5.74, 6) is 0. The molecule has 0 aliphatic heterocycles. The molecule has 10 nitrogen and oxygen atoms in total. The topological polar surface area (TPSA) is 116 Å². The number of amides is 4. The van der Waals surface area contributed by atoms with Crippen molar-refractivity contribution in [3.8, 4) is 11.4 Å². The molecule has 0 unspecified atom stereocenters. The lowest BCUT2D eigenvalue weighted by Gasteiger charge is -2.23. The molecule has 0 fully saturated rings. The summed E-state index contributed by atoms with van der Waals surface area (Å²) in [4.78, 5) is 48.8. The lowest BCUT2D eigenvalue weighted by atomic mass is 10.2. The largest absolute Gasteiger partial charge is 0.322 e. The highest BCUT2D eigenvalue weighted by molar-refractivity contribution is 5.89. The van der Waals surface area contributed by atoms with Crippen LogP contribution >= 0.6 is 0 Å². The van der Waals surface area contributed by atoms with E-state index in [1.165, 1.54) is 0 Å². The second-order valence-corrected chi connectivity index (χ2v) is 11.0. The number of pyridine rings is 4. The van der Waals surface area contributed by atoms with E-state index in [0.717, 1.165) is 11.4 Å². The number of urea groups is 2.